The SMILES string of the molecule is Cc1ccsc1C(C(=O)NC(C)(C)C)N(CCc1ccccc1)C(=O)c1csnn1. The highest BCUT2D eigenvalue weighted by molar-refractivity contribution is 7.10. The van der Waals surface area contributed by atoms with E-state index in [2.05, 4.69) is 14.9 Å². The van der Waals surface area contributed by atoms with Gasteiger partial charge in [0.05, 0.1) is 0 Å². The maximum absolute atomic E-state index is 13.4. The van der Waals surface area contributed by atoms with Crippen molar-refractivity contribution in [2.75, 3.05) is 6.54 Å². The summed E-state index contributed by atoms with van der Waals surface area (Å²) in [5.41, 5.74) is 1.93. The molecule has 2 aromatic heterocycles. The molecule has 0 radical (unpaired) electrons. The van der Waals surface area contributed by atoms with Gasteiger partial charge in [-0.15, -0.1) is 16.4 Å². The lowest BCUT2D eigenvalue weighted by Crippen LogP contribution is -2.49. The fraction of sp³-hybridized carbons (Fsp3) is 0.364. The van der Waals surface area contributed by atoms with E-state index in [1.54, 1.807) is 10.3 Å². The molecule has 30 heavy (non-hydrogen) atoms. The number of nitrogens with zero attached hydrogens (tertiary/aromatic N) is 3. The van der Waals surface area contributed by atoms with E-state index >= 15 is 0 Å². The van der Waals surface area contributed by atoms with Crippen LogP contribution in [0.3, 0.4) is 0 Å². The number of carbonyl (C=O) groups is 2. The monoisotopic (exact) mass is 442 g/mol. The smallest absolute Gasteiger partial charge is 0.276 e. The molecule has 158 valence electrons. The van der Waals surface area contributed by atoms with E-state index in [0.717, 1.165) is 27.5 Å². The first-order valence-electron chi connectivity index (χ1n) is 9.74. The first kappa shape index (κ1) is 22.1. The van der Waals surface area contributed by atoms with E-state index in [1.807, 2.05) is 69.5 Å². The molecule has 0 aliphatic carbocycles. The third kappa shape index (κ3) is 5.52. The van der Waals surface area contributed by atoms with Crippen molar-refractivity contribution in [2.24, 2.45) is 0 Å². The summed E-state index contributed by atoms with van der Waals surface area (Å²) in [5.74, 6) is -0.487. The molecule has 1 N–H and O–H groups in total. The maximum atomic E-state index is 13.4. The Morgan fingerprint density at radius 2 is 1.90 bits per heavy atom. The lowest BCUT2D eigenvalue weighted by Gasteiger charge is -2.33. The van der Waals surface area contributed by atoms with Crippen LogP contribution >= 0.6 is 22.9 Å². The summed E-state index contributed by atoms with van der Waals surface area (Å²) in [5, 5.41) is 10.6. The Hall–Kier alpha value is -2.58. The molecule has 2 amide bonds. The van der Waals surface area contributed by atoms with Crippen molar-refractivity contribution in [3.05, 3.63) is 68.9 Å². The van der Waals surface area contributed by atoms with Crippen molar-refractivity contribution in [3.8, 4) is 0 Å². The Bertz CT molecular complexity index is 978. The molecule has 0 aliphatic rings. The van der Waals surface area contributed by atoms with Crippen LogP contribution < -0.4 is 5.32 Å². The number of thiophene rings is 1. The van der Waals surface area contributed by atoms with E-state index in [9.17, 15) is 9.59 Å². The highest BCUT2D eigenvalue weighted by Gasteiger charge is 2.36. The second-order valence-corrected chi connectivity index (χ2v) is 9.69. The van der Waals surface area contributed by atoms with Gasteiger partial charge in [0.25, 0.3) is 5.91 Å². The minimum Gasteiger partial charge on any atom is -0.349 e. The summed E-state index contributed by atoms with van der Waals surface area (Å²) in [6.45, 7) is 8.16. The van der Waals surface area contributed by atoms with Crippen LogP contribution in [0.4, 0.5) is 0 Å². The zero-order valence-electron chi connectivity index (χ0n) is 17.6. The van der Waals surface area contributed by atoms with Crippen LogP contribution in [-0.2, 0) is 11.2 Å². The molecule has 1 unspecified atom stereocenters. The Kier molecular flexibility index (Phi) is 6.99. The highest BCUT2D eigenvalue weighted by atomic mass is 32.1. The number of nitrogens with one attached hydrogen (secondary N) is 1. The van der Waals surface area contributed by atoms with E-state index < -0.39 is 11.6 Å². The first-order valence-corrected chi connectivity index (χ1v) is 11.5. The predicted octanol–water partition coefficient (Wildman–Crippen LogP) is 4.25. The van der Waals surface area contributed by atoms with Gasteiger partial charge >= 0.3 is 0 Å². The van der Waals surface area contributed by atoms with Gasteiger partial charge in [0.15, 0.2) is 5.69 Å². The zero-order valence-corrected chi connectivity index (χ0v) is 19.2. The van der Waals surface area contributed by atoms with Gasteiger partial charge in [-0.05, 0) is 68.2 Å². The summed E-state index contributed by atoms with van der Waals surface area (Å²) < 4.78 is 3.83. The van der Waals surface area contributed by atoms with Crippen molar-refractivity contribution in [1.29, 1.82) is 0 Å². The molecule has 0 bridgehead atoms. The molecule has 0 spiro atoms. The van der Waals surface area contributed by atoms with Gasteiger partial charge in [-0.3, -0.25) is 9.59 Å². The molecule has 8 heteroatoms. The second kappa shape index (κ2) is 9.49. The van der Waals surface area contributed by atoms with Gasteiger partial charge < -0.3 is 10.2 Å². The van der Waals surface area contributed by atoms with Crippen LogP contribution in [0.1, 0.15) is 53.3 Å². The van der Waals surface area contributed by atoms with Crippen molar-refractivity contribution in [2.45, 2.75) is 45.7 Å². The number of hydrogen-bond donors (Lipinski definition) is 1. The van der Waals surface area contributed by atoms with Crippen molar-refractivity contribution >= 4 is 34.7 Å². The summed E-state index contributed by atoms with van der Waals surface area (Å²) in [6.07, 6.45) is 0.633. The number of amides is 2. The molecule has 1 aromatic carbocycles. The van der Waals surface area contributed by atoms with Crippen LogP contribution in [0.5, 0.6) is 0 Å². The second-order valence-electron chi connectivity index (χ2n) is 8.13. The summed E-state index contributed by atoms with van der Waals surface area (Å²) in [7, 11) is 0. The molecular formula is C22H26N4O2S2. The largest absolute Gasteiger partial charge is 0.349 e. The average Bonchev–Trinajstić information content (AvgIpc) is 3.36. The molecule has 1 atom stereocenters. The Labute approximate surface area is 185 Å². The van der Waals surface area contributed by atoms with Crippen LogP contribution in [0.25, 0.3) is 0 Å². The standard InChI is InChI=1S/C22H26N4O2S2/c1-15-11-13-29-19(15)18(20(27)23-22(2,3)4)26(21(28)17-14-30-25-24-17)12-10-16-8-6-5-7-9-16/h5-9,11,13-14,18H,10,12H2,1-4H3,(H,23,27). The Morgan fingerprint density at radius 3 is 2.47 bits per heavy atom. The summed E-state index contributed by atoms with van der Waals surface area (Å²) >= 11 is 2.61. The third-order valence-electron chi connectivity index (χ3n) is 4.53. The van der Waals surface area contributed by atoms with Crippen molar-refractivity contribution in [3.63, 3.8) is 0 Å². The van der Waals surface area contributed by atoms with Crippen molar-refractivity contribution in [1.82, 2.24) is 19.8 Å². The number of carbonyl (C=O) groups excluding carboxylic acids is 2. The van der Waals surface area contributed by atoms with Crippen LogP contribution in [0.15, 0.2) is 47.2 Å². The normalized spacial score (nSPS) is 12.4. The molecule has 3 aromatic rings. The van der Waals surface area contributed by atoms with Gasteiger partial charge in [0, 0.05) is 22.3 Å². The minimum absolute atomic E-state index is 0.197. The Balaban J connectivity index is 1.99. The van der Waals surface area contributed by atoms with E-state index in [4.69, 9.17) is 0 Å². The van der Waals surface area contributed by atoms with Crippen LogP contribution in [-0.4, -0.2) is 38.4 Å². The molecular weight excluding hydrogens is 416 g/mol. The minimum atomic E-state index is -0.734. The van der Waals surface area contributed by atoms with Gasteiger partial charge in [-0.2, -0.15) is 0 Å². The quantitative estimate of drug-likeness (QED) is 0.594. The van der Waals surface area contributed by atoms with E-state index in [1.165, 1.54) is 11.3 Å². The number of aryl methyl sites for hydroxylation is 1. The molecule has 6 nitrogen and oxygen atoms in total. The highest BCUT2D eigenvalue weighted by Crippen LogP contribution is 2.31. The van der Waals surface area contributed by atoms with Crippen LogP contribution in [0, 0.1) is 6.92 Å². The Morgan fingerprint density at radius 1 is 1.17 bits per heavy atom. The lowest BCUT2D eigenvalue weighted by atomic mass is 10.0. The number of hydrogen-bond acceptors (Lipinski definition) is 6. The number of benzene rings is 1. The van der Waals surface area contributed by atoms with Crippen LogP contribution in [0.2, 0.25) is 0 Å². The molecule has 0 fully saturated rings. The number of aromatic nitrogens is 2. The summed E-state index contributed by atoms with van der Waals surface area (Å²) in [4.78, 5) is 29.3. The molecule has 0 saturated carbocycles. The fourth-order valence-electron chi connectivity index (χ4n) is 3.15. The molecule has 2 heterocycles. The predicted molar refractivity (Wildman–Crippen MR) is 121 cm³/mol. The van der Waals surface area contributed by atoms with Gasteiger partial charge in [-0.1, -0.05) is 34.8 Å². The summed E-state index contributed by atoms with van der Waals surface area (Å²) in [6, 6.07) is 11.2. The third-order valence-corrected chi connectivity index (χ3v) is 6.11. The van der Waals surface area contributed by atoms with Gasteiger partial charge in [0.2, 0.25) is 5.91 Å². The number of rotatable bonds is 7. The van der Waals surface area contributed by atoms with Gasteiger partial charge in [-0.25, -0.2) is 0 Å². The first-order chi connectivity index (χ1) is 14.3. The zero-order chi connectivity index (χ0) is 21.7. The van der Waals surface area contributed by atoms with E-state index in [0.29, 0.717) is 13.0 Å². The fourth-order valence-corrected chi connectivity index (χ4v) is 4.62. The van der Waals surface area contributed by atoms with E-state index in [-0.39, 0.29) is 17.5 Å². The lowest BCUT2D eigenvalue weighted by molar-refractivity contribution is -0.127. The molecule has 0 aliphatic heterocycles. The van der Waals surface area contributed by atoms with Crippen molar-refractivity contribution < 1.29 is 9.59 Å². The topological polar surface area (TPSA) is 75.2 Å². The van der Waals surface area contributed by atoms with Gasteiger partial charge in [0.1, 0.15) is 6.04 Å². The molecule has 3 rings (SSSR count). The average molecular weight is 443 g/mol. The molecule has 0 saturated heterocycles. The maximum Gasteiger partial charge on any atom is 0.276 e.